The van der Waals surface area contributed by atoms with E-state index in [1.54, 1.807) is 14.2 Å². The van der Waals surface area contributed by atoms with Crippen molar-refractivity contribution in [1.29, 1.82) is 0 Å². The summed E-state index contributed by atoms with van der Waals surface area (Å²) in [5.41, 5.74) is 5.26. The monoisotopic (exact) mass is 564 g/mol. The summed E-state index contributed by atoms with van der Waals surface area (Å²) < 4.78 is 11.1. The summed E-state index contributed by atoms with van der Waals surface area (Å²) >= 11 is 0. The van der Waals surface area contributed by atoms with Crippen LogP contribution >= 0.6 is 0 Å². The van der Waals surface area contributed by atoms with Crippen LogP contribution in [0.25, 0.3) is 10.9 Å². The number of ether oxygens (including phenoxy) is 2. The summed E-state index contributed by atoms with van der Waals surface area (Å²) in [6.07, 6.45) is 2.24. The van der Waals surface area contributed by atoms with Gasteiger partial charge in [0, 0.05) is 48.7 Å². The van der Waals surface area contributed by atoms with Crippen LogP contribution in [0.1, 0.15) is 41.3 Å². The molecule has 4 aromatic rings. The molecule has 0 spiro atoms. The van der Waals surface area contributed by atoms with Gasteiger partial charge in [-0.1, -0.05) is 54.6 Å². The van der Waals surface area contributed by atoms with Crippen molar-refractivity contribution in [2.45, 2.75) is 43.9 Å². The zero-order valence-electron chi connectivity index (χ0n) is 24.1. The van der Waals surface area contributed by atoms with Crippen LogP contribution in [0.5, 0.6) is 11.5 Å². The highest BCUT2D eigenvalue weighted by Gasteiger charge is 2.49. The molecule has 1 N–H and O–H groups in total. The molecule has 2 amide bonds. The van der Waals surface area contributed by atoms with Gasteiger partial charge in [0.1, 0.15) is 12.6 Å². The molecular weight excluding hydrogens is 528 g/mol. The molecule has 7 rings (SSSR count). The Morgan fingerprint density at radius 2 is 1.62 bits per heavy atom. The third-order valence-electron chi connectivity index (χ3n) is 9.26. The number of carbonyl (C=O) groups is 2. The number of piperidine rings is 1. The number of aromatic nitrogens is 1. The van der Waals surface area contributed by atoms with Gasteiger partial charge >= 0.3 is 0 Å². The van der Waals surface area contributed by atoms with E-state index in [1.807, 2.05) is 46.2 Å². The van der Waals surface area contributed by atoms with E-state index in [2.05, 4.69) is 46.3 Å². The van der Waals surface area contributed by atoms with Gasteiger partial charge in [0.05, 0.1) is 20.3 Å². The first kappa shape index (κ1) is 26.6. The van der Waals surface area contributed by atoms with Crippen molar-refractivity contribution in [3.8, 4) is 11.5 Å². The lowest BCUT2D eigenvalue weighted by Crippen LogP contribution is -2.65. The number of amides is 2. The third kappa shape index (κ3) is 4.50. The summed E-state index contributed by atoms with van der Waals surface area (Å²) in [7, 11) is 3.22. The Labute approximate surface area is 245 Å². The Bertz CT molecular complexity index is 1630. The van der Waals surface area contributed by atoms with Crippen LogP contribution < -0.4 is 9.47 Å². The van der Waals surface area contributed by atoms with E-state index in [4.69, 9.17) is 9.47 Å². The Kier molecular flexibility index (Phi) is 6.86. The molecule has 8 nitrogen and oxygen atoms in total. The molecule has 0 bridgehead atoms. The lowest BCUT2D eigenvalue weighted by Gasteiger charge is -2.49. The summed E-state index contributed by atoms with van der Waals surface area (Å²) in [4.78, 5) is 38.1. The molecule has 0 radical (unpaired) electrons. The summed E-state index contributed by atoms with van der Waals surface area (Å²) in [5.74, 6) is 1.25. The number of fused-ring (bicyclic) bond motifs is 4. The van der Waals surface area contributed by atoms with Gasteiger partial charge in [-0.3, -0.25) is 14.5 Å². The number of nitrogens with one attached hydrogen (secondary N) is 1. The SMILES string of the molecule is COc1ccc(C2c3[nH]c4ccccc4c3C[C@H]3C(=O)N(C4CCN(Cc5ccccc5)CC4)CC(=O)N23)cc1OC. The minimum Gasteiger partial charge on any atom is -0.493 e. The first-order valence-electron chi connectivity index (χ1n) is 14.7. The molecule has 4 heterocycles. The fraction of sp³-hybridized carbons (Fsp3) is 0.353. The van der Waals surface area contributed by atoms with Gasteiger partial charge in [0.15, 0.2) is 11.5 Å². The van der Waals surface area contributed by atoms with Gasteiger partial charge in [0.2, 0.25) is 11.8 Å². The number of carbonyl (C=O) groups excluding carboxylic acids is 2. The molecule has 1 aromatic heterocycles. The molecule has 0 aliphatic carbocycles. The van der Waals surface area contributed by atoms with E-state index in [0.717, 1.165) is 60.2 Å². The Morgan fingerprint density at radius 1 is 0.881 bits per heavy atom. The molecule has 3 aliphatic heterocycles. The van der Waals surface area contributed by atoms with Crippen LogP contribution in [0.4, 0.5) is 0 Å². The first-order chi connectivity index (χ1) is 20.6. The molecule has 2 saturated heterocycles. The highest BCUT2D eigenvalue weighted by Crippen LogP contribution is 2.44. The van der Waals surface area contributed by atoms with Crippen LogP contribution in [0.15, 0.2) is 72.8 Å². The lowest BCUT2D eigenvalue weighted by atomic mass is 9.85. The number of piperazine rings is 1. The number of hydrogen-bond acceptors (Lipinski definition) is 5. The zero-order valence-corrected chi connectivity index (χ0v) is 24.1. The molecule has 216 valence electrons. The number of para-hydroxylation sites is 1. The van der Waals surface area contributed by atoms with E-state index in [1.165, 1.54) is 5.56 Å². The Morgan fingerprint density at radius 3 is 2.38 bits per heavy atom. The Balaban J connectivity index is 1.20. The number of H-pyrrole nitrogens is 1. The molecule has 8 heteroatoms. The predicted octanol–water partition coefficient (Wildman–Crippen LogP) is 4.53. The lowest BCUT2D eigenvalue weighted by molar-refractivity contribution is -0.161. The van der Waals surface area contributed by atoms with Crippen molar-refractivity contribution in [3.63, 3.8) is 0 Å². The first-order valence-corrected chi connectivity index (χ1v) is 14.7. The molecule has 0 saturated carbocycles. The van der Waals surface area contributed by atoms with Crippen molar-refractivity contribution in [1.82, 2.24) is 19.7 Å². The molecule has 2 fully saturated rings. The van der Waals surface area contributed by atoms with Gasteiger partial charge in [-0.15, -0.1) is 0 Å². The maximum Gasteiger partial charge on any atom is 0.246 e. The van der Waals surface area contributed by atoms with E-state index >= 15 is 0 Å². The van der Waals surface area contributed by atoms with Gasteiger partial charge < -0.3 is 24.3 Å². The van der Waals surface area contributed by atoms with E-state index in [-0.39, 0.29) is 24.4 Å². The minimum atomic E-state index is -0.557. The minimum absolute atomic E-state index is 0.0181. The maximum atomic E-state index is 14.3. The molecule has 3 aromatic carbocycles. The second kappa shape index (κ2) is 10.8. The van der Waals surface area contributed by atoms with Crippen molar-refractivity contribution < 1.29 is 19.1 Å². The third-order valence-corrected chi connectivity index (χ3v) is 9.26. The Hall–Kier alpha value is -4.30. The average molecular weight is 565 g/mol. The molecule has 2 atom stereocenters. The van der Waals surface area contributed by atoms with Crippen LogP contribution in [-0.4, -0.2) is 77.4 Å². The molecule has 42 heavy (non-hydrogen) atoms. The maximum absolute atomic E-state index is 14.3. The van der Waals surface area contributed by atoms with Gasteiger partial charge in [-0.25, -0.2) is 0 Å². The fourth-order valence-corrected chi connectivity index (χ4v) is 7.20. The van der Waals surface area contributed by atoms with E-state index in [0.29, 0.717) is 17.9 Å². The number of likely N-dealkylation sites (tertiary alicyclic amines) is 1. The quantitative estimate of drug-likeness (QED) is 0.372. The van der Waals surface area contributed by atoms with Gasteiger partial charge in [-0.05, 0) is 47.7 Å². The average Bonchev–Trinajstić information content (AvgIpc) is 3.41. The van der Waals surface area contributed by atoms with Gasteiger partial charge in [-0.2, -0.15) is 0 Å². The largest absolute Gasteiger partial charge is 0.493 e. The molecule has 1 unspecified atom stereocenters. The number of rotatable bonds is 6. The van der Waals surface area contributed by atoms with Crippen molar-refractivity contribution in [2.75, 3.05) is 33.9 Å². The number of methoxy groups -OCH3 is 2. The summed E-state index contributed by atoms with van der Waals surface area (Å²) in [5, 5.41) is 1.10. The number of benzene rings is 3. The normalized spacial score (nSPS) is 21.4. The van der Waals surface area contributed by atoms with E-state index in [9.17, 15) is 9.59 Å². The van der Waals surface area contributed by atoms with Crippen molar-refractivity contribution >= 4 is 22.7 Å². The second-order valence-electron chi connectivity index (χ2n) is 11.6. The standard InChI is InChI=1S/C34H36N4O4/c1-41-29-13-12-23(18-30(29)42-2)33-32-26(25-10-6-7-11-27(25)35-32)19-28-34(40)37(21-31(39)38(28)33)24-14-16-36(17-15-24)20-22-8-4-3-5-9-22/h3-13,18,24,28,33,35H,14-17,19-21H2,1-2H3/t28-,33?/m0/s1. The summed E-state index contributed by atoms with van der Waals surface area (Å²) in [6.45, 7) is 2.84. The highest BCUT2D eigenvalue weighted by molar-refractivity contribution is 5.98. The van der Waals surface area contributed by atoms with Crippen LogP contribution in [0.2, 0.25) is 0 Å². The van der Waals surface area contributed by atoms with Crippen LogP contribution in [0, 0.1) is 0 Å². The van der Waals surface area contributed by atoms with Crippen molar-refractivity contribution in [2.24, 2.45) is 0 Å². The number of hydrogen-bond donors (Lipinski definition) is 1. The number of nitrogens with zero attached hydrogens (tertiary/aromatic N) is 3. The second-order valence-corrected chi connectivity index (χ2v) is 11.6. The molecular formula is C34H36N4O4. The topological polar surface area (TPSA) is 78.1 Å². The number of aromatic amines is 1. The van der Waals surface area contributed by atoms with Crippen LogP contribution in [0.3, 0.4) is 0 Å². The zero-order chi connectivity index (χ0) is 28.8. The van der Waals surface area contributed by atoms with Crippen LogP contribution in [-0.2, 0) is 22.6 Å². The fourth-order valence-electron chi connectivity index (χ4n) is 7.20. The smallest absolute Gasteiger partial charge is 0.246 e. The predicted molar refractivity (Wildman–Crippen MR) is 160 cm³/mol. The van der Waals surface area contributed by atoms with E-state index < -0.39 is 12.1 Å². The van der Waals surface area contributed by atoms with Gasteiger partial charge in [0.25, 0.3) is 0 Å². The van der Waals surface area contributed by atoms with Crippen molar-refractivity contribution in [3.05, 3.63) is 95.2 Å². The molecule has 3 aliphatic rings. The summed E-state index contributed by atoms with van der Waals surface area (Å²) in [6, 6.07) is 23.5. The highest BCUT2D eigenvalue weighted by atomic mass is 16.5.